The SMILES string of the molecule is CN(Cc1ccsc1)C(=O)C1CCCCCC1N. The van der Waals surface area contributed by atoms with Gasteiger partial charge in [-0.05, 0) is 35.2 Å². The second kappa shape index (κ2) is 6.34. The molecular weight excluding hydrogens is 244 g/mol. The third-order valence-electron chi connectivity index (χ3n) is 3.76. The molecule has 2 atom stereocenters. The van der Waals surface area contributed by atoms with Crippen molar-refractivity contribution in [1.29, 1.82) is 0 Å². The molecule has 1 fully saturated rings. The minimum atomic E-state index is 0.0242. The summed E-state index contributed by atoms with van der Waals surface area (Å²) in [5.41, 5.74) is 7.35. The van der Waals surface area contributed by atoms with Gasteiger partial charge in [0.2, 0.25) is 5.91 Å². The van der Waals surface area contributed by atoms with Crippen molar-refractivity contribution < 1.29 is 4.79 Å². The molecule has 1 heterocycles. The molecule has 100 valence electrons. The van der Waals surface area contributed by atoms with Crippen LogP contribution in [0.25, 0.3) is 0 Å². The van der Waals surface area contributed by atoms with Crippen LogP contribution in [0.15, 0.2) is 16.8 Å². The van der Waals surface area contributed by atoms with E-state index in [1.807, 2.05) is 17.3 Å². The first-order valence-electron chi connectivity index (χ1n) is 6.70. The largest absolute Gasteiger partial charge is 0.341 e. The van der Waals surface area contributed by atoms with Gasteiger partial charge in [0.25, 0.3) is 0 Å². The van der Waals surface area contributed by atoms with Gasteiger partial charge < -0.3 is 10.6 Å². The molecule has 0 aromatic carbocycles. The Kier molecular flexibility index (Phi) is 4.78. The average molecular weight is 266 g/mol. The Morgan fingerprint density at radius 3 is 2.94 bits per heavy atom. The number of amides is 1. The van der Waals surface area contributed by atoms with Crippen LogP contribution in [0, 0.1) is 5.92 Å². The molecule has 1 aromatic rings. The minimum absolute atomic E-state index is 0.0242. The number of hydrogen-bond donors (Lipinski definition) is 1. The number of carbonyl (C=O) groups is 1. The van der Waals surface area contributed by atoms with Crippen LogP contribution in [-0.4, -0.2) is 23.9 Å². The van der Waals surface area contributed by atoms with Crippen molar-refractivity contribution >= 4 is 17.2 Å². The molecular formula is C14H22N2OS. The van der Waals surface area contributed by atoms with Crippen molar-refractivity contribution in [2.24, 2.45) is 11.7 Å². The predicted molar refractivity (Wildman–Crippen MR) is 75.3 cm³/mol. The van der Waals surface area contributed by atoms with E-state index >= 15 is 0 Å². The lowest BCUT2D eigenvalue weighted by Gasteiger charge is -2.26. The number of hydrogen-bond acceptors (Lipinski definition) is 3. The lowest BCUT2D eigenvalue weighted by molar-refractivity contribution is -0.135. The summed E-state index contributed by atoms with van der Waals surface area (Å²) in [5.74, 6) is 0.242. The monoisotopic (exact) mass is 266 g/mol. The Hall–Kier alpha value is -0.870. The summed E-state index contributed by atoms with van der Waals surface area (Å²) in [7, 11) is 1.89. The van der Waals surface area contributed by atoms with Gasteiger partial charge >= 0.3 is 0 Å². The third kappa shape index (κ3) is 3.33. The maximum atomic E-state index is 12.4. The second-order valence-corrected chi connectivity index (χ2v) is 6.01. The van der Waals surface area contributed by atoms with E-state index in [1.54, 1.807) is 11.3 Å². The van der Waals surface area contributed by atoms with Crippen LogP contribution >= 0.6 is 11.3 Å². The molecule has 1 amide bonds. The fourth-order valence-electron chi connectivity index (χ4n) is 2.66. The fraction of sp³-hybridized carbons (Fsp3) is 0.643. The van der Waals surface area contributed by atoms with Gasteiger partial charge in [-0.1, -0.05) is 19.3 Å². The number of nitrogens with two attached hydrogens (primary N) is 1. The van der Waals surface area contributed by atoms with Crippen LogP contribution in [0.3, 0.4) is 0 Å². The normalized spacial score (nSPS) is 24.6. The molecule has 0 saturated heterocycles. The minimum Gasteiger partial charge on any atom is -0.341 e. The molecule has 1 aliphatic carbocycles. The summed E-state index contributed by atoms with van der Waals surface area (Å²) in [4.78, 5) is 14.3. The Balaban J connectivity index is 1.96. The molecule has 2 unspecified atom stereocenters. The van der Waals surface area contributed by atoms with Crippen LogP contribution < -0.4 is 5.73 Å². The van der Waals surface area contributed by atoms with E-state index in [1.165, 1.54) is 18.4 Å². The number of rotatable bonds is 3. The zero-order valence-electron chi connectivity index (χ0n) is 11.0. The number of carbonyl (C=O) groups excluding carboxylic acids is 1. The number of thiophene rings is 1. The van der Waals surface area contributed by atoms with Crippen LogP contribution in [0.1, 0.15) is 37.7 Å². The summed E-state index contributed by atoms with van der Waals surface area (Å²) < 4.78 is 0. The standard InChI is InChI=1S/C14H22N2OS/c1-16(9-11-7-8-18-10-11)14(17)12-5-3-2-4-6-13(12)15/h7-8,10,12-13H,2-6,9,15H2,1H3. The van der Waals surface area contributed by atoms with Crippen molar-refractivity contribution in [3.05, 3.63) is 22.4 Å². The Labute approximate surface area is 113 Å². The van der Waals surface area contributed by atoms with Crippen LogP contribution in [0.4, 0.5) is 0 Å². The van der Waals surface area contributed by atoms with E-state index in [0.29, 0.717) is 6.54 Å². The highest BCUT2D eigenvalue weighted by Gasteiger charge is 2.29. The quantitative estimate of drug-likeness (QED) is 0.855. The smallest absolute Gasteiger partial charge is 0.227 e. The topological polar surface area (TPSA) is 46.3 Å². The summed E-state index contributed by atoms with van der Waals surface area (Å²) in [6, 6.07) is 2.12. The molecule has 0 bridgehead atoms. The molecule has 1 aromatic heterocycles. The van der Waals surface area contributed by atoms with E-state index in [-0.39, 0.29) is 17.9 Å². The molecule has 0 spiro atoms. The highest BCUT2D eigenvalue weighted by atomic mass is 32.1. The van der Waals surface area contributed by atoms with Gasteiger partial charge in [0.15, 0.2) is 0 Å². The summed E-state index contributed by atoms with van der Waals surface area (Å²) in [6.07, 6.45) is 5.46. The summed E-state index contributed by atoms with van der Waals surface area (Å²) in [6.45, 7) is 0.700. The highest BCUT2D eigenvalue weighted by molar-refractivity contribution is 7.07. The van der Waals surface area contributed by atoms with Gasteiger partial charge in [0, 0.05) is 19.6 Å². The molecule has 0 radical (unpaired) electrons. The van der Waals surface area contributed by atoms with Crippen molar-refractivity contribution in [3.8, 4) is 0 Å². The number of nitrogens with zero attached hydrogens (tertiary/aromatic N) is 1. The zero-order valence-corrected chi connectivity index (χ0v) is 11.8. The van der Waals surface area contributed by atoms with Crippen molar-refractivity contribution in [2.75, 3.05) is 7.05 Å². The molecule has 1 saturated carbocycles. The lowest BCUT2D eigenvalue weighted by Crippen LogP contribution is -2.41. The van der Waals surface area contributed by atoms with Crippen molar-refractivity contribution in [2.45, 2.75) is 44.7 Å². The van der Waals surface area contributed by atoms with Gasteiger partial charge in [-0.3, -0.25) is 4.79 Å². The third-order valence-corrected chi connectivity index (χ3v) is 4.49. The Morgan fingerprint density at radius 1 is 1.44 bits per heavy atom. The van der Waals surface area contributed by atoms with E-state index in [9.17, 15) is 4.79 Å². The Morgan fingerprint density at radius 2 is 2.22 bits per heavy atom. The van der Waals surface area contributed by atoms with Gasteiger partial charge in [-0.25, -0.2) is 0 Å². The van der Waals surface area contributed by atoms with Gasteiger partial charge in [-0.2, -0.15) is 11.3 Å². The molecule has 0 aliphatic heterocycles. The molecule has 1 aliphatic rings. The van der Waals surface area contributed by atoms with Crippen LogP contribution in [0.2, 0.25) is 0 Å². The zero-order chi connectivity index (χ0) is 13.0. The molecule has 3 nitrogen and oxygen atoms in total. The lowest BCUT2D eigenvalue weighted by atomic mass is 9.94. The first-order valence-corrected chi connectivity index (χ1v) is 7.64. The van der Waals surface area contributed by atoms with Gasteiger partial charge in [0.05, 0.1) is 5.92 Å². The summed E-state index contributed by atoms with van der Waals surface area (Å²) in [5, 5.41) is 4.14. The molecule has 18 heavy (non-hydrogen) atoms. The Bertz CT molecular complexity index is 377. The van der Waals surface area contributed by atoms with Crippen LogP contribution in [-0.2, 0) is 11.3 Å². The van der Waals surface area contributed by atoms with E-state index in [0.717, 1.165) is 19.3 Å². The van der Waals surface area contributed by atoms with Gasteiger partial charge in [0.1, 0.15) is 0 Å². The van der Waals surface area contributed by atoms with E-state index < -0.39 is 0 Å². The van der Waals surface area contributed by atoms with E-state index in [4.69, 9.17) is 5.73 Å². The summed E-state index contributed by atoms with van der Waals surface area (Å²) >= 11 is 1.67. The van der Waals surface area contributed by atoms with Crippen molar-refractivity contribution in [3.63, 3.8) is 0 Å². The van der Waals surface area contributed by atoms with Crippen molar-refractivity contribution in [1.82, 2.24) is 4.90 Å². The van der Waals surface area contributed by atoms with Crippen LogP contribution in [0.5, 0.6) is 0 Å². The maximum Gasteiger partial charge on any atom is 0.227 e. The maximum absolute atomic E-state index is 12.4. The first-order chi connectivity index (χ1) is 8.68. The predicted octanol–water partition coefficient (Wildman–Crippen LogP) is 2.61. The second-order valence-electron chi connectivity index (χ2n) is 5.23. The molecule has 2 rings (SSSR count). The first kappa shape index (κ1) is 13.6. The average Bonchev–Trinajstić information content (AvgIpc) is 2.76. The highest BCUT2D eigenvalue weighted by Crippen LogP contribution is 2.24. The molecule has 4 heteroatoms. The fourth-order valence-corrected chi connectivity index (χ4v) is 3.32. The van der Waals surface area contributed by atoms with Gasteiger partial charge in [-0.15, -0.1) is 0 Å². The molecule has 2 N–H and O–H groups in total. The van der Waals surface area contributed by atoms with E-state index in [2.05, 4.69) is 11.4 Å².